The zero-order chi connectivity index (χ0) is 15.2. The Kier molecular flexibility index (Phi) is 7.27. The van der Waals surface area contributed by atoms with Gasteiger partial charge in [-0.25, -0.2) is 0 Å². The van der Waals surface area contributed by atoms with E-state index < -0.39 is 0 Å². The third-order valence-electron chi connectivity index (χ3n) is 4.56. The molecule has 6 heteroatoms. The SMILES string of the molecule is Cl.O=C(C1CCCOC1)N(Cc1cccnc1)CC1CCNC1. The average molecular weight is 340 g/mol. The van der Waals surface area contributed by atoms with Crippen LogP contribution < -0.4 is 5.32 Å². The van der Waals surface area contributed by atoms with Crippen LogP contribution in [0.25, 0.3) is 0 Å². The predicted octanol–water partition coefficient (Wildman–Crippen LogP) is 1.87. The minimum Gasteiger partial charge on any atom is -0.381 e. The molecule has 0 aliphatic carbocycles. The quantitative estimate of drug-likeness (QED) is 0.889. The molecule has 2 aliphatic rings. The Morgan fingerprint density at radius 3 is 3.00 bits per heavy atom. The van der Waals surface area contributed by atoms with Gasteiger partial charge in [-0.2, -0.15) is 0 Å². The first-order valence-corrected chi connectivity index (χ1v) is 8.29. The molecule has 2 aliphatic heterocycles. The van der Waals surface area contributed by atoms with Crippen LogP contribution in [0.3, 0.4) is 0 Å². The lowest BCUT2D eigenvalue weighted by molar-refractivity contribution is -0.141. The van der Waals surface area contributed by atoms with E-state index in [1.165, 1.54) is 0 Å². The van der Waals surface area contributed by atoms with Crippen molar-refractivity contribution in [2.45, 2.75) is 25.8 Å². The molecule has 1 aromatic heterocycles. The fourth-order valence-corrected chi connectivity index (χ4v) is 3.32. The van der Waals surface area contributed by atoms with Gasteiger partial charge >= 0.3 is 0 Å². The molecular weight excluding hydrogens is 314 g/mol. The second kappa shape index (κ2) is 9.21. The number of aromatic nitrogens is 1. The molecule has 2 unspecified atom stereocenters. The third-order valence-corrected chi connectivity index (χ3v) is 4.56. The van der Waals surface area contributed by atoms with E-state index in [0.717, 1.165) is 51.1 Å². The number of ether oxygens (including phenoxy) is 1. The number of carbonyl (C=O) groups is 1. The summed E-state index contributed by atoms with van der Waals surface area (Å²) in [6, 6.07) is 3.97. The van der Waals surface area contributed by atoms with E-state index in [1.807, 2.05) is 23.2 Å². The van der Waals surface area contributed by atoms with E-state index in [9.17, 15) is 4.79 Å². The van der Waals surface area contributed by atoms with Gasteiger partial charge in [0.2, 0.25) is 5.91 Å². The van der Waals surface area contributed by atoms with Gasteiger partial charge in [0.1, 0.15) is 0 Å². The average Bonchev–Trinajstić information content (AvgIpc) is 3.08. The maximum atomic E-state index is 12.9. The van der Waals surface area contributed by atoms with Crippen molar-refractivity contribution in [3.05, 3.63) is 30.1 Å². The topological polar surface area (TPSA) is 54.5 Å². The van der Waals surface area contributed by atoms with Crippen LogP contribution in [0.5, 0.6) is 0 Å². The minimum absolute atomic E-state index is 0. The number of rotatable bonds is 5. The van der Waals surface area contributed by atoms with Crippen LogP contribution >= 0.6 is 12.4 Å². The lowest BCUT2D eigenvalue weighted by Crippen LogP contribution is -2.42. The fourth-order valence-electron chi connectivity index (χ4n) is 3.32. The van der Waals surface area contributed by atoms with Gasteiger partial charge in [0.25, 0.3) is 0 Å². The summed E-state index contributed by atoms with van der Waals surface area (Å²) in [5.74, 6) is 0.834. The van der Waals surface area contributed by atoms with Gasteiger partial charge < -0.3 is 15.0 Å². The summed E-state index contributed by atoms with van der Waals surface area (Å²) in [4.78, 5) is 19.1. The van der Waals surface area contributed by atoms with Crippen LogP contribution in [0.4, 0.5) is 0 Å². The lowest BCUT2D eigenvalue weighted by atomic mass is 9.99. The summed E-state index contributed by atoms with van der Waals surface area (Å²) < 4.78 is 5.50. The molecule has 0 radical (unpaired) electrons. The van der Waals surface area contributed by atoms with Gasteiger partial charge in [0.15, 0.2) is 0 Å². The molecule has 0 saturated carbocycles. The molecule has 2 saturated heterocycles. The summed E-state index contributed by atoms with van der Waals surface area (Å²) in [5, 5.41) is 3.39. The Balaban J connectivity index is 0.00000192. The standard InChI is InChI=1S/C17H25N3O2.ClH/c21-17(16-4-2-8-22-13-16)20(12-15-5-7-19-10-15)11-14-3-1-6-18-9-14;/h1,3,6,9,15-16,19H,2,4-5,7-8,10-13H2;1H. The number of pyridine rings is 1. The number of nitrogens with zero attached hydrogens (tertiary/aromatic N) is 2. The van der Waals surface area contributed by atoms with Gasteiger partial charge in [-0.15, -0.1) is 12.4 Å². The van der Waals surface area contributed by atoms with E-state index in [1.54, 1.807) is 6.20 Å². The molecule has 0 bridgehead atoms. The molecule has 2 atom stereocenters. The van der Waals surface area contributed by atoms with Gasteiger partial charge in [0.05, 0.1) is 12.5 Å². The zero-order valence-electron chi connectivity index (χ0n) is 13.4. The fraction of sp³-hybridized carbons (Fsp3) is 0.647. The van der Waals surface area contributed by atoms with Crippen LogP contribution in [0.1, 0.15) is 24.8 Å². The van der Waals surface area contributed by atoms with Gasteiger partial charge in [-0.1, -0.05) is 6.07 Å². The molecule has 3 rings (SSSR count). The van der Waals surface area contributed by atoms with Crippen LogP contribution in [0.15, 0.2) is 24.5 Å². The van der Waals surface area contributed by atoms with Crippen molar-refractivity contribution < 1.29 is 9.53 Å². The molecule has 0 aromatic carbocycles. The highest BCUT2D eigenvalue weighted by molar-refractivity contribution is 5.85. The number of halogens is 1. The Bertz CT molecular complexity index is 474. The van der Waals surface area contributed by atoms with Crippen molar-refractivity contribution in [2.24, 2.45) is 11.8 Å². The summed E-state index contributed by atoms with van der Waals surface area (Å²) in [6.45, 7) is 4.92. The Labute approximate surface area is 144 Å². The number of nitrogens with one attached hydrogen (secondary N) is 1. The second-order valence-electron chi connectivity index (χ2n) is 6.35. The van der Waals surface area contributed by atoms with Gasteiger partial charge in [-0.05, 0) is 49.9 Å². The van der Waals surface area contributed by atoms with Crippen LogP contribution in [0, 0.1) is 11.8 Å². The van der Waals surface area contributed by atoms with Crippen molar-refractivity contribution in [1.29, 1.82) is 0 Å². The molecule has 1 aromatic rings. The van der Waals surface area contributed by atoms with Crippen molar-refractivity contribution in [3.8, 4) is 0 Å². The lowest BCUT2D eigenvalue weighted by Gasteiger charge is -2.31. The number of hydrogen-bond donors (Lipinski definition) is 1. The predicted molar refractivity (Wildman–Crippen MR) is 91.4 cm³/mol. The summed E-state index contributed by atoms with van der Waals surface area (Å²) in [6.07, 6.45) is 6.71. The van der Waals surface area contributed by atoms with Crippen molar-refractivity contribution in [3.63, 3.8) is 0 Å². The molecule has 3 heterocycles. The molecule has 128 valence electrons. The maximum Gasteiger partial charge on any atom is 0.228 e. The summed E-state index contributed by atoms with van der Waals surface area (Å²) >= 11 is 0. The second-order valence-corrected chi connectivity index (χ2v) is 6.35. The Morgan fingerprint density at radius 2 is 2.35 bits per heavy atom. The smallest absolute Gasteiger partial charge is 0.228 e. The summed E-state index contributed by atoms with van der Waals surface area (Å²) in [5.41, 5.74) is 1.10. The molecule has 5 nitrogen and oxygen atoms in total. The number of carbonyl (C=O) groups excluding carboxylic acids is 1. The van der Waals surface area contributed by atoms with E-state index in [2.05, 4.69) is 10.3 Å². The molecule has 0 spiro atoms. The summed E-state index contributed by atoms with van der Waals surface area (Å²) in [7, 11) is 0. The van der Waals surface area contributed by atoms with Crippen molar-refractivity contribution >= 4 is 18.3 Å². The van der Waals surface area contributed by atoms with E-state index in [4.69, 9.17) is 4.74 Å². The molecule has 2 fully saturated rings. The highest BCUT2D eigenvalue weighted by atomic mass is 35.5. The Morgan fingerprint density at radius 1 is 1.43 bits per heavy atom. The molecule has 23 heavy (non-hydrogen) atoms. The maximum absolute atomic E-state index is 12.9. The van der Waals surface area contributed by atoms with Crippen molar-refractivity contribution in [2.75, 3.05) is 32.8 Å². The Hall–Kier alpha value is -1.17. The van der Waals surface area contributed by atoms with Crippen LogP contribution in [0.2, 0.25) is 0 Å². The minimum atomic E-state index is 0. The molecular formula is C17H26ClN3O2. The zero-order valence-corrected chi connectivity index (χ0v) is 14.3. The normalized spacial score (nSPS) is 24.0. The van der Waals surface area contributed by atoms with E-state index in [0.29, 0.717) is 19.1 Å². The van der Waals surface area contributed by atoms with Crippen LogP contribution in [-0.4, -0.2) is 48.6 Å². The third kappa shape index (κ3) is 5.16. The first-order valence-electron chi connectivity index (χ1n) is 8.29. The van der Waals surface area contributed by atoms with Crippen LogP contribution in [-0.2, 0) is 16.1 Å². The molecule has 1 amide bonds. The highest BCUT2D eigenvalue weighted by Crippen LogP contribution is 2.20. The monoisotopic (exact) mass is 339 g/mol. The first-order chi connectivity index (χ1) is 10.8. The van der Waals surface area contributed by atoms with Crippen molar-refractivity contribution in [1.82, 2.24) is 15.2 Å². The number of hydrogen-bond acceptors (Lipinski definition) is 4. The highest BCUT2D eigenvalue weighted by Gasteiger charge is 2.29. The van der Waals surface area contributed by atoms with Gasteiger partial charge in [-0.3, -0.25) is 9.78 Å². The van der Waals surface area contributed by atoms with Gasteiger partial charge in [0, 0.05) is 32.1 Å². The van der Waals surface area contributed by atoms with E-state index >= 15 is 0 Å². The first kappa shape index (κ1) is 18.2. The molecule has 1 N–H and O–H groups in total. The largest absolute Gasteiger partial charge is 0.381 e. The number of amides is 1. The van der Waals surface area contributed by atoms with E-state index in [-0.39, 0.29) is 24.2 Å².